The molecule has 18 heavy (non-hydrogen) atoms. The van der Waals surface area contributed by atoms with E-state index in [1.165, 1.54) is 12.8 Å². The summed E-state index contributed by atoms with van der Waals surface area (Å²) in [5.41, 5.74) is 6.45. The normalized spacial score (nSPS) is 11.2. The van der Waals surface area contributed by atoms with Crippen molar-refractivity contribution in [3.05, 3.63) is 24.3 Å². The van der Waals surface area contributed by atoms with Crippen molar-refractivity contribution < 1.29 is 4.74 Å². The quantitative estimate of drug-likeness (QED) is 0.569. The van der Waals surface area contributed by atoms with Gasteiger partial charge in [-0.25, -0.2) is 0 Å². The van der Waals surface area contributed by atoms with Crippen LogP contribution in [0.4, 0.5) is 5.69 Å². The van der Waals surface area contributed by atoms with Crippen LogP contribution in [-0.2, 0) is 0 Å². The summed E-state index contributed by atoms with van der Waals surface area (Å²) >= 11 is 0. The summed E-state index contributed by atoms with van der Waals surface area (Å²) in [5, 5.41) is 0. The highest BCUT2D eigenvalue weighted by Gasteiger charge is 2.09. The Morgan fingerprint density at radius 2 is 2.00 bits per heavy atom. The van der Waals surface area contributed by atoms with Crippen LogP contribution in [0.3, 0.4) is 0 Å². The Bertz CT molecular complexity index is 337. The highest BCUT2D eigenvalue weighted by atomic mass is 16.5. The molecule has 0 aromatic heterocycles. The minimum Gasteiger partial charge on any atom is -0.493 e. The predicted octanol–water partition coefficient (Wildman–Crippen LogP) is 3.16. The molecule has 0 amide bonds. The van der Waals surface area contributed by atoms with Crippen LogP contribution in [-0.4, -0.2) is 31.1 Å². The van der Waals surface area contributed by atoms with Crippen LogP contribution >= 0.6 is 0 Å². The fourth-order valence-electron chi connectivity index (χ4n) is 2.20. The molecule has 3 nitrogen and oxygen atoms in total. The second-order valence-electron chi connectivity index (χ2n) is 4.73. The second kappa shape index (κ2) is 7.98. The third kappa shape index (κ3) is 4.96. The zero-order chi connectivity index (χ0) is 13.4. The number of rotatable bonds is 8. The topological polar surface area (TPSA) is 38.5 Å². The third-order valence-corrected chi connectivity index (χ3v) is 3.35. The van der Waals surface area contributed by atoms with E-state index in [-0.39, 0.29) is 0 Å². The first kappa shape index (κ1) is 14.8. The van der Waals surface area contributed by atoms with Crippen LogP contribution < -0.4 is 10.5 Å². The summed E-state index contributed by atoms with van der Waals surface area (Å²) in [4.78, 5) is 2.42. The molecule has 0 aliphatic rings. The number of hydrogen-bond acceptors (Lipinski definition) is 3. The zero-order valence-electron chi connectivity index (χ0n) is 11.9. The van der Waals surface area contributed by atoms with Gasteiger partial charge in [-0.2, -0.15) is 0 Å². The van der Waals surface area contributed by atoms with E-state index in [2.05, 4.69) is 25.8 Å². The Labute approximate surface area is 111 Å². The maximum atomic E-state index is 5.70. The van der Waals surface area contributed by atoms with E-state index in [9.17, 15) is 0 Å². The van der Waals surface area contributed by atoms with Crippen molar-refractivity contribution in [2.75, 3.05) is 25.9 Å². The van der Waals surface area contributed by atoms with Crippen molar-refractivity contribution in [3.63, 3.8) is 0 Å². The van der Waals surface area contributed by atoms with Crippen LogP contribution in [0.5, 0.6) is 5.75 Å². The fourth-order valence-corrected chi connectivity index (χ4v) is 2.20. The first-order valence-corrected chi connectivity index (χ1v) is 6.86. The van der Waals surface area contributed by atoms with E-state index in [0.29, 0.717) is 6.04 Å². The number of nitrogens with two attached hydrogens (primary N) is 1. The molecule has 0 radical (unpaired) electrons. The molecule has 0 saturated carbocycles. The summed E-state index contributed by atoms with van der Waals surface area (Å²) in [6.07, 6.45) is 3.47. The average molecular weight is 250 g/mol. The fraction of sp³-hybridized carbons (Fsp3) is 0.600. The largest absolute Gasteiger partial charge is 0.493 e. The third-order valence-electron chi connectivity index (χ3n) is 3.35. The van der Waals surface area contributed by atoms with E-state index < -0.39 is 0 Å². The van der Waals surface area contributed by atoms with E-state index in [1.807, 2.05) is 24.3 Å². The van der Waals surface area contributed by atoms with Crippen molar-refractivity contribution in [3.8, 4) is 5.75 Å². The molecule has 0 spiro atoms. The van der Waals surface area contributed by atoms with E-state index in [4.69, 9.17) is 10.5 Å². The van der Waals surface area contributed by atoms with E-state index in [1.54, 1.807) is 0 Å². The lowest BCUT2D eigenvalue weighted by molar-refractivity contribution is 0.205. The summed E-state index contributed by atoms with van der Waals surface area (Å²) in [6, 6.07) is 8.29. The van der Waals surface area contributed by atoms with Gasteiger partial charge in [0.05, 0.1) is 6.61 Å². The molecule has 1 aromatic carbocycles. The van der Waals surface area contributed by atoms with Gasteiger partial charge in [-0.05, 0) is 38.4 Å². The SMILES string of the molecule is CCC(CC)N(C)CCCOc1cccc(N)c1. The number of nitrogens with zero attached hydrogens (tertiary/aromatic N) is 1. The van der Waals surface area contributed by atoms with Gasteiger partial charge < -0.3 is 15.4 Å². The van der Waals surface area contributed by atoms with E-state index >= 15 is 0 Å². The molecular formula is C15H26N2O. The van der Waals surface area contributed by atoms with Crippen molar-refractivity contribution in [1.29, 1.82) is 0 Å². The zero-order valence-corrected chi connectivity index (χ0v) is 11.9. The van der Waals surface area contributed by atoms with E-state index in [0.717, 1.165) is 31.0 Å². The van der Waals surface area contributed by atoms with Crippen molar-refractivity contribution >= 4 is 5.69 Å². The number of nitrogen functional groups attached to an aromatic ring is 1. The minimum absolute atomic E-state index is 0.692. The lowest BCUT2D eigenvalue weighted by Crippen LogP contribution is -2.32. The van der Waals surface area contributed by atoms with Gasteiger partial charge in [-0.1, -0.05) is 19.9 Å². The molecule has 0 saturated heterocycles. The Morgan fingerprint density at radius 1 is 1.28 bits per heavy atom. The molecule has 1 aromatic rings. The molecule has 0 aliphatic heterocycles. The lowest BCUT2D eigenvalue weighted by atomic mass is 10.1. The molecule has 102 valence electrons. The molecule has 0 fully saturated rings. The smallest absolute Gasteiger partial charge is 0.121 e. The van der Waals surface area contributed by atoms with Gasteiger partial charge in [0.1, 0.15) is 5.75 Å². The standard InChI is InChI=1S/C15H26N2O/c1-4-14(5-2)17(3)10-7-11-18-15-9-6-8-13(16)12-15/h6,8-9,12,14H,4-5,7,10-11,16H2,1-3H3. The number of ether oxygens (including phenoxy) is 1. The molecule has 0 atom stereocenters. The number of hydrogen-bond donors (Lipinski definition) is 1. The molecule has 0 unspecified atom stereocenters. The molecule has 0 heterocycles. The van der Waals surface area contributed by atoms with Crippen molar-refractivity contribution in [2.24, 2.45) is 0 Å². The average Bonchev–Trinajstić information content (AvgIpc) is 2.36. The lowest BCUT2D eigenvalue weighted by Gasteiger charge is -2.25. The first-order valence-electron chi connectivity index (χ1n) is 6.86. The van der Waals surface area contributed by atoms with Crippen molar-refractivity contribution in [2.45, 2.75) is 39.2 Å². The molecule has 3 heteroatoms. The second-order valence-corrected chi connectivity index (χ2v) is 4.73. The molecule has 0 bridgehead atoms. The van der Waals surface area contributed by atoms with Gasteiger partial charge in [0.25, 0.3) is 0 Å². The first-order chi connectivity index (χ1) is 8.67. The predicted molar refractivity (Wildman–Crippen MR) is 78.0 cm³/mol. The van der Waals surface area contributed by atoms with Crippen LogP contribution in [0.25, 0.3) is 0 Å². The van der Waals surface area contributed by atoms with Crippen LogP contribution in [0.2, 0.25) is 0 Å². The van der Waals surface area contributed by atoms with Gasteiger partial charge in [0.15, 0.2) is 0 Å². The monoisotopic (exact) mass is 250 g/mol. The Kier molecular flexibility index (Phi) is 6.58. The summed E-state index contributed by atoms with van der Waals surface area (Å²) in [6.45, 7) is 6.31. The summed E-state index contributed by atoms with van der Waals surface area (Å²) < 4.78 is 5.68. The van der Waals surface area contributed by atoms with Gasteiger partial charge >= 0.3 is 0 Å². The van der Waals surface area contributed by atoms with Gasteiger partial charge in [0.2, 0.25) is 0 Å². The molecule has 1 rings (SSSR count). The Morgan fingerprint density at radius 3 is 2.61 bits per heavy atom. The maximum absolute atomic E-state index is 5.70. The molecule has 0 aliphatic carbocycles. The van der Waals surface area contributed by atoms with Crippen LogP contribution in [0.15, 0.2) is 24.3 Å². The van der Waals surface area contributed by atoms with Crippen molar-refractivity contribution in [1.82, 2.24) is 4.90 Å². The molecular weight excluding hydrogens is 224 g/mol. The highest BCUT2D eigenvalue weighted by molar-refractivity contribution is 5.43. The summed E-state index contributed by atoms with van der Waals surface area (Å²) in [5.74, 6) is 0.861. The van der Waals surface area contributed by atoms with Gasteiger partial charge in [0, 0.05) is 24.3 Å². The summed E-state index contributed by atoms with van der Waals surface area (Å²) in [7, 11) is 2.19. The highest BCUT2D eigenvalue weighted by Crippen LogP contribution is 2.14. The van der Waals surface area contributed by atoms with Crippen LogP contribution in [0, 0.1) is 0 Å². The Balaban J connectivity index is 2.22. The minimum atomic E-state index is 0.692. The molecule has 2 N–H and O–H groups in total. The Hall–Kier alpha value is -1.22. The maximum Gasteiger partial charge on any atom is 0.121 e. The van der Waals surface area contributed by atoms with Gasteiger partial charge in [-0.15, -0.1) is 0 Å². The number of benzene rings is 1. The van der Waals surface area contributed by atoms with Gasteiger partial charge in [-0.3, -0.25) is 0 Å². The number of anilines is 1. The van der Waals surface area contributed by atoms with Crippen LogP contribution in [0.1, 0.15) is 33.1 Å².